The van der Waals surface area contributed by atoms with E-state index >= 15 is 0 Å². The molecule has 0 radical (unpaired) electrons. The molecule has 2 aromatic heterocycles. The molecule has 2 heterocycles. The predicted molar refractivity (Wildman–Crippen MR) is 72.4 cm³/mol. The van der Waals surface area contributed by atoms with Gasteiger partial charge in [-0.1, -0.05) is 0 Å². The van der Waals surface area contributed by atoms with Crippen LogP contribution < -0.4 is 10.6 Å². The lowest BCUT2D eigenvalue weighted by atomic mass is 10.2. The van der Waals surface area contributed by atoms with Crippen molar-refractivity contribution in [3.05, 3.63) is 47.7 Å². The number of aromatic nitrogens is 1. The third kappa shape index (κ3) is 2.71. The van der Waals surface area contributed by atoms with E-state index in [2.05, 4.69) is 9.88 Å². The summed E-state index contributed by atoms with van der Waals surface area (Å²) in [6, 6.07) is 5.98. The van der Waals surface area contributed by atoms with E-state index < -0.39 is 0 Å². The van der Waals surface area contributed by atoms with Crippen LogP contribution in [0.4, 0.5) is 5.69 Å². The average molecular weight is 245 g/mol. The van der Waals surface area contributed by atoms with Crippen molar-refractivity contribution in [1.82, 2.24) is 4.98 Å². The molecule has 18 heavy (non-hydrogen) atoms. The largest absolute Gasteiger partial charge is 0.469 e. The molecule has 96 valence electrons. The number of hydrogen-bond acceptors (Lipinski definition) is 4. The zero-order valence-corrected chi connectivity index (χ0v) is 11.1. The van der Waals surface area contributed by atoms with Crippen molar-refractivity contribution in [3.63, 3.8) is 0 Å². The van der Waals surface area contributed by atoms with Crippen molar-refractivity contribution >= 4 is 5.69 Å². The van der Waals surface area contributed by atoms with Crippen LogP contribution in [0.25, 0.3) is 0 Å². The normalized spacial score (nSPS) is 12.4. The van der Waals surface area contributed by atoms with Crippen LogP contribution in [0, 0.1) is 6.92 Å². The van der Waals surface area contributed by atoms with Crippen molar-refractivity contribution in [3.8, 4) is 0 Å². The predicted octanol–water partition coefficient (Wildman–Crippen LogP) is 2.64. The van der Waals surface area contributed by atoms with E-state index in [0.717, 1.165) is 23.7 Å². The third-order valence-electron chi connectivity index (χ3n) is 3.05. The molecular weight excluding hydrogens is 226 g/mol. The van der Waals surface area contributed by atoms with Crippen LogP contribution in [0.3, 0.4) is 0 Å². The topological polar surface area (TPSA) is 55.3 Å². The van der Waals surface area contributed by atoms with E-state index in [1.165, 1.54) is 5.56 Å². The molecule has 0 spiro atoms. The van der Waals surface area contributed by atoms with E-state index in [9.17, 15) is 0 Å². The van der Waals surface area contributed by atoms with Gasteiger partial charge in [0.1, 0.15) is 5.76 Å². The number of rotatable bonds is 4. The lowest BCUT2D eigenvalue weighted by molar-refractivity contribution is 0.529. The Balaban J connectivity index is 2.09. The molecule has 4 heteroatoms. The van der Waals surface area contributed by atoms with Gasteiger partial charge < -0.3 is 15.1 Å². The number of anilines is 1. The van der Waals surface area contributed by atoms with Crippen molar-refractivity contribution in [1.29, 1.82) is 0 Å². The van der Waals surface area contributed by atoms with Gasteiger partial charge in [0, 0.05) is 25.2 Å². The van der Waals surface area contributed by atoms with Crippen molar-refractivity contribution in [2.45, 2.75) is 26.4 Å². The summed E-state index contributed by atoms with van der Waals surface area (Å²) in [5.41, 5.74) is 8.95. The summed E-state index contributed by atoms with van der Waals surface area (Å²) < 4.78 is 5.29. The number of furan rings is 1. The second-order valence-corrected chi connectivity index (χ2v) is 4.59. The van der Waals surface area contributed by atoms with Gasteiger partial charge in [-0.15, -0.1) is 0 Å². The summed E-state index contributed by atoms with van der Waals surface area (Å²) in [5, 5.41) is 0. The Labute approximate surface area is 107 Å². The molecule has 0 fully saturated rings. The summed E-state index contributed by atoms with van der Waals surface area (Å²) in [4.78, 5) is 6.50. The second kappa shape index (κ2) is 5.23. The smallest absolute Gasteiger partial charge is 0.105 e. The molecule has 2 N–H and O–H groups in total. The summed E-state index contributed by atoms with van der Waals surface area (Å²) >= 11 is 0. The first kappa shape index (κ1) is 12.6. The van der Waals surface area contributed by atoms with Crippen LogP contribution in [0.2, 0.25) is 0 Å². The summed E-state index contributed by atoms with van der Waals surface area (Å²) in [7, 11) is 2.04. The van der Waals surface area contributed by atoms with E-state index in [0.29, 0.717) is 0 Å². The van der Waals surface area contributed by atoms with Gasteiger partial charge >= 0.3 is 0 Å². The molecule has 0 aromatic carbocycles. The molecule has 0 amide bonds. The minimum Gasteiger partial charge on any atom is -0.469 e. The zero-order chi connectivity index (χ0) is 13.1. The molecule has 2 rings (SSSR count). The maximum atomic E-state index is 5.78. The lowest BCUT2D eigenvalue weighted by Gasteiger charge is -2.19. The quantitative estimate of drug-likeness (QED) is 0.899. The van der Waals surface area contributed by atoms with Crippen molar-refractivity contribution < 1.29 is 4.42 Å². The molecule has 0 saturated carbocycles. The molecule has 0 aliphatic heterocycles. The molecule has 0 bridgehead atoms. The van der Waals surface area contributed by atoms with Gasteiger partial charge in [0.25, 0.3) is 0 Å². The number of aryl methyl sites for hydroxylation is 1. The minimum absolute atomic E-state index is 0.0273. The highest BCUT2D eigenvalue weighted by molar-refractivity contribution is 5.44. The Bertz CT molecular complexity index is 502. The van der Waals surface area contributed by atoms with Crippen LogP contribution in [0.5, 0.6) is 0 Å². The average Bonchev–Trinajstić information content (AvgIpc) is 2.75. The number of pyridine rings is 1. The fraction of sp³-hybridized carbons (Fsp3) is 0.357. The van der Waals surface area contributed by atoms with Gasteiger partial charge in [-0.3, -0.25) is 4.98 Å². The highest BCUT2D eigenvalue weighted by Gasteiger charge is 2.07. The van der Waals surface area contributed by atoms with Gasteiger partial charge in [-0.25, -0.2) is 0 Å². The maximum absolute atomic E-state index is 5.78. The van der Waals surface area contributed by atoms with Gasteiger partial charge in [-0.05, 0) is 32.0 Å². The van der Waals surface area contributed by atoms with Crippen LogP contribution in [-0.2, 0) is 6.54 Å². The molecule has 1 atom stereocenters. The zero-order valence-electron chi connectivity index (χ0n) is 11.1. The number of hydrogen-bond donors (Lipinski definition) is 1. The highest BCUT2D eigenvalue weighted by Crippen LogP contribution is 2.18. The van der Waals surface area contributed by atoms with Gasteiger partial charge in [-0.2, -0.15) is 0 Å². The fourth-order valence-corrected chi connectivity index (χ4v) is 1.81. The standard InChI is InChI=1S/C14H19N3O/c1-10(15)14-5-4-13(8-16-14)17(3)9-12-6-7-18-11(12)2/h4-8,10H,9,15H2,1-3H3. The Hall–Kier alpha value is -1.81. The summed E-state index contributed by atoms with van der Waals surface area (Å²) in [6.07, 6.45) is 3.57. The minimum atomic E-state index is -0.0273. The van der Waals surface area contributed by atoms with Crippen LogP contribution >= 0.6 is 0 Å². The number of nitrogens with two attached hydrogens (primary N) is 1. The SMILES string of the molecule is Cc1occc1CN(C)c1ccc(C(C)N)nc1. The molecule has 0 saturated heterocycles. The fourth-order valence-electron chi connectivity index (χ4n) is 1.81. The first-order valence-corrected chi connectivity index (χ1v) is 6.03. The number of nitrogens with zero attached hydrogens (tertiary/aromatic N) is 2. The molecule has 2 aromatic rings. The van der Waals surface area contributed by atoms with Crippen molar-refractivity contribution in [2.24, 2.45) is 5.73 Å². The first-order valence-electron chi connectivity index (χ1n) is 6.03. The highest BCUT2D eigenvalue weighted by atomic mass is 16.3. The summed E-state index contributed by atoms with van der Waals surface area (Å²) in [5.74, 6) is 0.960. The second-order valence-electron chi connectivity index (χ2n) is 4.59. The van der Waals surface area contributed by atoms with Crippen LogP contribution in [-0.4, -0.2) is 12.0 Å². The first-order chi connectivity index (χ1) is 8.58. The van der Waals surface area contributed by atoms with E-state index in [-0.39, 0.29) is 6.04 Å². The summed E-state index contributed by atoms with van der Waals surface area (Å²) in [6.45, 7) is 4.71. The third-order valence-corrected chi connectivity index (χ3v) is 3.05. The van der Waals surface area contributed by atoms with Gasteiger partial charge in [0.05, 0.1) is 23.8 Å². The Kier molecular flexibility index (Phi) is 3.67. The maximum Gasteiger partial charge on any atom is 0.105 e. The molecular formula is C14H19N3O. The molecule has 1 unspecified atom stereocenters. The Morgan fingerprint density at radius 1 is 1.39 bits per heavy atom. The Morgan fingerprint density at radius 3 is 2.67 bits per heavy atom. The van der Waals surface area contributed by atoms with Crippen LogP contribution in [0.15, 0.2) is 35.1 Å². The molecule has 0 aliphatic carbocycles. The van der Waals surface area contributed by atoms with E-state index in [4.69, 9.17) is 10.2 Å². The van der Waals surface area contributed by atoms with Gasteiger partial charge in [0.15, 0.2) is 0 Å². The van der Waals surface area contributed by atoms with E-state index in [1.54, 1.807) is 6.26 Å². The van der Waals surface area contributed by atoms with E-state index in [1.807, 2.05) is 45.3 Å². The lowest BCUT2D eigenvalue weighted by Crippen LogP contribution is -2.17. The van der Waals surface area contributed by atoms with Crippen LogP contribution in [0.1, 0.15) is 30.0 Å². The molecule has 0 aliphatic rings. The van der Waals surface area contributed by atoms with Crippen molar-refractivity contribution in [2.75, 3.05) is 11.9 Å². The van der Waals surface area contributed by atoms with Gasteiger partial charge in [0.2, 0.25) is 0 Å². The monoisotopic (exact) mass is 245 g/mol. The molecule has 4 nitrogen and oxygen atoms in total. The Morgan fingerprint density at radius 2 is 2.17 bits per heavy atom.